The van der Waals surface area contributed by atoms with Crippen molar-refractivity contribution in [2.24, 2.45) is 0 Å². The molecule has 2 saturated heterocycles. The molecule has 136 valence electrons. The van der Waals surface area contributed by atoms with E-state index in [1.54, 1.807) is 5.38 Å². The van der Waals surface area contributed by atoms with Crippen LogP contribution in [0.25, 0.3) is 0 Å². The van der Waals surface area contributed by atoms with E-state index in [1.165, 1.54) is 17.5 Å². The Morgan fingerprint density at radius 1 is 1.33 bits per heavy atom. The summed E-state index contributed by atoms with van der Waals surface area (Å²) in [5.41, 5.74) is 0. The number of piperazine rings is 1. The summed E-state index contributed by atoms with van der Waals surface area (Å²) in [6.07, 6.45) is 0.830. The fourth-order valence-corrected chi connectivity index (χ4v) is 5.96. The molecule has 0 bridgehead atoms. The van der Waals surface area contributed by atoms with Crippen LogP contribution in [0.3, 0.4) is 0 Å². The number of sulfonamides is 1. The third-order valence-electron chi connectivity index (χ3n) is 4.41. The summed E-state index contributed by atoms with van der Waals surface area (Å²) in [7, 11) is -2.39. The molecule has 0 aromatic carbocycles. The number of halogens is 1. The van der Waals surface area contributed by atoms with Gasteiger partial charge in [-0.1, -0.05) is 0 Å². The molecule has 0 aliphatic carbocycles. The first-order chi connectivity index (χ1) is 11.0. The van der Waals surface area contributed by atoms with E-state index in [1.807, 2.05) is 0 Å². The number of nitrogens with zero attached hydrogens (tertiary/aromatic N) is 2. The van der Waals surface area contributed by atoms with Crippen molar-refractivity contribution in [3.8, 4) is 0 Å². The molecule has 2 fully saturated rings. The van der Waals surface area contributed by atoms with Crippen LogP contribution in [0, 0.1) is 0 Å². The molecule has 1 atom stereocenters. The van der Waals surface area contributed by atoms with Crippen molar-refractivity contribution in [2.75, 3.05) is 46.4 Å². The normalized spacial score (nSPS) is 23.0. The lowest BCUT2D eigenvalue weighted by Crippen LogP contribution is -2.49. The van der Waals surface area contributed by atoms with Gasteiger partial charge in [-0.05, 0) is 17.9 Å². The summed E-state index contributed by atoms with van der Waals surface area (Å²) in [6, 6.07) is 1.75. The maximum atomic E-state index is 12.9. The maximum Gasteiger partial charge on any atom is 0.349 e. The third-order valence-corrected chi connectivity index (χ3v) is 7.34. The number of carbonyl (C=O) groups excluding carboxylic acids is 1. The van der Waals surface area contributed by atoms with E-state index >= 15 is 0 Å². The zero-order valence-corrected chi connectivity index (χ0v) is 15.9. The Hall–Kier alpha value is -0.710. The minimum atomic E-state index is -3.65. The minimum Gasteiger partial charge on any atom is -0.465 e. The maximum absolute atomic E-state index is 12.9. The first-order valence-electron chi connectivity index (χ1n) is 7.65. The van der Waals surface area contributed by atoms with Crippen LogP contribution in [0.1, 0.15) is 16.1 Å². The number of esters is 1. The van der Waals surface area contributed by atoms with Gasteiger partial charge < -0.3 is 10.1 Å². The molecule has 7 nitrogen and oxygen atoms in total. The van der Waals surface area contributed by atoms with E-state index in [9.17, 15) is 13.2 Å². The number of hydrogen-bond donors (Lipinski definition) is 1. The van der Waals surface area contributed by atoms with Gasteiger partial charge in [0, 0.05) is 45.3 Å². The van der Waals surface area contributed by atoms with Gasteiger partial charge in [-0.3, -0.25) is 4.90 Å². The number of carbonyl (C=O) groups is 1. The summed E-state index contributed by atoms with van der Waals surface area (Å²) in [5.74, 6) is -0.601. The summed E-state index contributed by atoms with van der Waals surface area (Å²) in [5, 5.41) is 4.92. The summed E-state index contributed by atoms with van der Waals surface area (Å²) < 4.78 is 31.9. The van der Waals surface area contributed by atoms with Gasteiger partial charge in [0.15, 0.2) is 0 Å². The molecular formula is C14H22ClN3O4S2. The number of nitrogens with one attached hydrogen (secondary N) is 1. The summed E-state index contributed by atoms with van der Waals surface area (Å²) in [4.78, 5) is 14.3. The van der Waals surface area contributed by atoms with Gasteiger partial charge in [0.05, 0.1) is 7.11 Å². The molecule has 1 N–H and O–H groups in total. The molecule has 24 heavy (non-hydrogen) atoms. The van der Waals surface area contributed by atoms with Crippen molar-refractivity contribution < 1.29 is 17.9 Å². The van der Waals surface area contributed by atoms with Gasteiger partial charge in [0.25, 0.3) is 0 Å². The predicted octanol–water partition coefficient (Wildman–Crippen LogP) is 0.625. The van der Waals surface area contributed by atoms with Crippen LogP contribution in [0.4, 0.5) is 0 Å². The predicted molar refractivity (Wildman–Crippen MR) is 94.5 cm³/mol. The zero-order valence-electron chi connectivity index (χ0n) is 13.4. The van der Waals surface area contributed by atoms with Crippen molar-refractivity contribution in [1.29, 1.82) is 0 Å². The number of rotatable bonds is 4. The number of hydrogen-bond acceptors (Lipinski definition) is 7. The molecule has 1 aromatic heterocycles. The summed E-state index contributed by atoms with van der Waals surface area (Å²) in [6.45, 7) is 4.77. The van der Waals surface area contributed by atoms with E-state index in [0.717, 1.165) is 43.9 Å². The van der Waals surface area contributed by atoms with E-state index in [4.69, 9.17) is 0 Å². The minimum absolute atomic E-state index is 0. The Morgan fingerprint density at radius 3 is 2.71 bits per heavy atom. The second-order valence-electron chi connectivity index (χ2n) is 5.70. The Morgan fingerprint density at radius 2 is 2.04 bits per heavy atom. The Kier molecular flexibility index (Phi) is 6.63. The fraction of sp³-hybridized carbons (Fsp3) is 0.643. The Bertz CT molecular complexity index is 673. The van der Waals surface area contributed by atoms with Gasteiger partial charge in [-0.25, -0.2) is 13.2 Å². The first kappa shape index (κ1) is 19.6. The van der Waals surface area contributed by atoms with Crippen molar-refractivity contribution in [3.05, 3.63) is 16.3 Å². The molecule has 2 aliphatic heterocycles. The molecule has 2 aliphatic rings. The standard InChI is InChI=1S/C14H21N3O4S2.ClH/c1-21-14(18)13-12(3-9-22-13)23(19,20)17-6-2-11(10-17)16-7-4-15-5-8-16;/h3,9,11,15H,2,4-8,10H2,1H3;1H. The van der Waals surface area contributed by atoms with Gasteiger partial charge in [-0.15, -0.1) is 23.7 Å². The average molecular weight is 396 g/mol. The second kappa shape index (κ2) is 8.11. The number of thiophene rings is 1. The highest BCUT2D eigenvalue weighted by Crippen LogP contribution is 2.29. The van der Waals surface area contributed by atoms with Gasteiger partial charge >= 0.3 is 5.97 Å². The van der Waals surface area contributed by atoms with Crippen molar-refractivity contribution in [3.63, 3.8) is 0 Å². The van der Waals surface area contributed by atoms with E-state index in [-0.39, 0.29) is 28.2 Å². The van der Waals surface area contributed by atoms with Crippen molar-refractivity contribution in [2.45, 2.75) is 17.4 Å². The molecule has 0 amide bonds. The van der Waals surface area contributed by atoms with E-state index in [0.29, 0.717) is 13.1 Å². The first-order valence-corrected chi connectivity index (χ1v) is 9.96. The highest BCUT2D eigenvalue weighted by molar-refractivity contribution is 7.89. The van der Waals surface area contributed by atoms with Crippen LogP contribution in [0.2, 0.25) is 0 Å². The lowest BCUT2D eigenvalue weighted by atomic mass is 10.2. The van der Waals surface area contributed by atoms with Crippen LogP contribution in [0.5, 0.6) is 0 Å². The molecular weight excluding hydrogens is 374 g/mol. The highest BCUT2D eigenvalue weighted by atomic mass is 35.5. The molecule has 1 aromatic rings. The Balaban J connectivity index is 0.00000208. The molecule has 3 heterocycles. The van der Waals surface area contributed by atoms with Crippen LogP contribution in [-0.4, -0.2) is 76.0 Å². The van der Waals surface area contributed by atoms with E-state index < -0.39 is 16.0 Å². The zero-order chi connectivity index (χ0) is 16.4. The SMILES string of the molecule is COC(=O)c1sccc1S(=O)(=O)N1CCC(N2CCNCC2)C1.Cl. The van der Waals surface area contributed by atoms with E-state index in [2.05, 4.69) is 15.0 Å². The molecule has 1 unspecified atom stereocenters. The monoisotopic (exact) mass is 395 g/mol. The van der Waals surface area contributed by atoms with Gasteiger partial charge in [0.1, 0.15) is 9.77 Å². The average Bonchev–Trinajstić information content (AvgIpc) is 3.24. The molecule has 3 rings (SSSR count). The number of methoxy groups -OCH3 is 1. The van der Waals surface area contributed by atoms with Crippen molar-refractivity contribution >= 4 is 39.7 Å². The highest BCUT2D eigenvalue weighted by Gasteiger charge is 2.37. The number of ether oxygens (including phenoxy) is 1. The molecule has 0 radical (unpaired) electrons. The lowest BCUT2D eigenvalue weighted by Gasteiger charge is -2.32. The second-order valence-corrected chi connectivity index (χ2v) is 8.52. The largest absolute Gasteiger partial charge is 0.465 e. The van der Waals surface area contributed by atoms with Crippen molar-refractivity contribution in [1.82, 2.24) is 14.5 Å². The van der Waals surface area contributed by atoms with Gasteiger partial charge in [0.2, 0.25) is 10.0 Å². The van der Waals surface area contributed by atoms with Crippen LogP contribution < -0.4 is 5.32 Å². The smallest absolute Gasteiger partial charge is 0.349 e. The molecule has 10 heteroatoms. The molecule has 0 spiro atoms. The quantitative estimate of drug-likeness (QED) is 0.753. The van der Waals surface area contributed by atoms with Crippen LogP contribution in [-0.2, 0) is 14.8 Å². The lowest BCUT2D eigenvalue weighted by molar-refractivity contribution is 0.0602. The van der Waals surface area contributed by atoms with Crippen LogP contribution in [0.15, 0.2) is 16.3 Å². The molecule has 0 saturated carbocycles. The Labute approximate surface area is 152 Å². The van der Waals surface area contributed by atoms with Crippen LogP contribution >= 0.6 is 23.7 Å². The fourth-order valence-electron chi connectivity index (χ4n) is 3.16. The topological polar surface area (TPSA) is 79.0 Å². The summed E-state index contributed by atoms with van der Waals surface area (Å²) >= 11 is 1.10. The third kappa shape index (κ3) is 3.76. The van der Waals surface area contributed by atoms with Gasteiger partial charge in [-0.2, -0.15) is 4.31 Å².